The molecule has 0 spiro atoms. The van der Waals surface area contributed by atoms with Crippen molar-refractivity contribution >= 4 is 28.8 Å². The normalized spacial score (nSPS) is 10.8. The highest BCUT2D eigenvalue weighted by molar-refractivity contribution is 9.10. The van der Waals surface area contributed by atoms with Gasteiger partial charge in [0.15, 0.2) is 0 Å². The van der Waals surface area contributed by atoms with Crippen LogP contribution in [0.2, 0.25) is 0 Å². The van der Waals surface area contributed by atoms with Crippen LogP contribution in [0.1, 0.15) is 25.0 Å². The number of rotatable bonds is 5. The molecule has 0 aliphatic heterocycles. The van der Waals surface area contributed by atoms with Crippen LogP contribution in [-0.2, 0) is 13.6 Å². The zero-order chi connectivity index (χ0) is 17.3. The van der Waals surface area contributed by atoms with Crippen molar-refractivity contribution < 1.29 is 13.6 Å². The smallest absolute Gasteiger partial charge is 0.305 e. The third kappa shape index (κ3) is 7.01. The summed E-state index contributed by atoms with van der Waals surface area (Å²) in [6.07, 6.45) is 0. The quantitative estimate of drug-likeness (QED) is 0.610. The molecule has 0 aliphatic carbocycles. The van der Waals surface area contributed by atoms with Gasteiger partial charge in [-0.15, -0.1) is 0 Å². The van der Waals surface area contributed by atoms with Crippen molar-refractivity contribution in [2.24, 2.45) is 0 Å². The average Bonchev–Trinajstić information content (AvgIpc) is 2.48. The summed E-state index contributed by atoms with van der Waals surface area (Å²) in [5.74, 6) is 0. The van der Waals surface area contributed by atoms with E-state index in [2.05, 4.69) is 35.0 Å². The van der Waals surface area contributed by atoms with Crippen LogP contribution in [0.25, 0.3) is 0 Å². The fourth-order valence-corrected chi connectivity index (χ4v) is 4.13. The lowest BCUT2D eigenvalue weighted by atomic mass is 10.2. The summed E-state index contributed by atoms with van der Waals surface area (Å²) in [5.41, 5.74) is 2.34. The minimum absolute atomic E-state index is 0.380. The minimum Gasteiger partial charge on any atom is -0.305 e. The van der Waals surface area contributed by atoms with Crippen LogP contribution >= 0.6 is 23.5 Å². The van der Waals surface area contributed by atoms with Crippen molar-refractivity contribution in [1.82, 2.24) is 0 Å². The van der Waals surface area contributed by atoms with E-state index in [-0.39, 0.29) is 0 Å². The first-order valence-corrected chi connectivity index (χ1v) is 9.93. The van der Waals surface area contributed by atoms with Gasteiger partial charge in [-0.2, -0.15) is 0 Å². The van der Waals surface area contributed by atoms with Crippen molar-refractivity contribution in [2.75, 3.05) is 13.2 Å². The Balaban J connectivity index is 0.000000277. The highest BCUT2D eigenvalue weighted by Gasteiger charge is 2.26. The summed E-state index contributed by atoms with van der Waals surface area (Å²) >= 11 is 3.36. The molecule has 0 saturated carbocycles. The predicted octanol–water partition coefficient (Wildman–Crippen LogP) is 5.64. The molecule has 2 aromatic carbocycles. The molecule has 0 heterocycles. The molecule has 0 N–H and O–H groups in total. The summed E-state index contributed by atoms with van der Waals surface area (Å²) in [5, 5.41) is 0.631. The summed E-state index contributed by atoms with van der Waals surface area (Å²) in [4.78, 5) is 0. The van der Waals surface area contributed by atoms with Gasteiger partial charge in [0.2, 0.25) is 0 Å². The third-order valence-corrected chi connectivity index (χ3v) is 5.50. The number of hydrogen-bond donors (Lipinski definition) is 0. The van der Waals surface area contributed by atoms with Crippen LogP contribution in [0.15, 0.2) is 53.0 Å². The Labute approximate surface area is 147 Å². The van der Waals surface area contributed by atoms with Gasteiger partial charge < -0.3 is 9.05 Å². The van der Waals surface area contributed by atoms with Gasteiger partial charge in [0.1, 0.15) is 0 Å². The first-order valence-electron chi connectivity index (χ1n) is 7.59. The summed E-state index contributed by atoms with van der Waals surface area (Å²) in [6, 6.07) is 15.6. The first kappa shape index (κ1) is 20.1. The molecule has 0 unspecified atom stereocenters. The predicted molar refractivity (Wildman–Crippen MR) is 101 cm³/mol. The first-order chi connectivity index (χ1) is 10.9. The molecule has 3 nitrogen and oxygen atoms in total. The van der Waals surface area contributed by atoms with Crippen molar-refractivity contribution in [3.8, 4) is 0 Å². The van der Waals surface area contributed by atoms with Crippen LogP contribution in [0.3, 0.4) is 0 Å². The van der Waals surface area contributed by atoms with Crippen molar-refractivity contribution in [2.45, 2.75) is 27.7 Å². The van der Waals surface area contributed by atoms with E-state index >= 15 is 0 Å². The SMILES string of the molecule is CCOP(=O)(OCC)c1cccc(C)c1.Cc1cccc(Br)c1. The number of halogens is 1. The molecule has 0 bridgehead atoms. The highest BCUT2D eigenvalue weighted by Crippen LogP contribution is 2.46. The van der Waals surface area contributed by atoms with Crippen LogP contribution in [0, 0.1) is 13.8 Å². The largest absolute Gasteiger partial charge is 0.361 e. The third-order valence-electron chi connectivity index (χ3n) is 2.90. The Morgan fingerprint density at radius 3 is 1.83 bits per heavy atom. The van der Waals surface area contributed by atoms with Crippen molar-refractivity contribution in [1.29, 1.82) is 0 Å². The van der Waals surface area contributed by atoms with Gasteiger partial charge in [0.25, 0.3) is 0 Å². The standard InChI is InChI=1S/C11H17O3P.C7H7Br/c1-4-13-15(12,14-5-2)11-8-6-7-10(3)9-11;1-6-3-2-4-7(8)5-6/h6-9H,4-5H2,1-3H3;2-5H,1H3. The number of benzene rings is 2. The Morgan fingerprint density at radius 2 is 1.43 bits per heavy atom. The molecule has 0 aliphatic rings. The minimum atomic E-state index is -3.10. The van der Waals surface area contributed by atoms with Crippen LogP contribution < -0.4 is 5.30 Å². The topological polar surface area (TPSA) is 35.5 Å². The molecule has 0 fully saturated rings. The molecule has 2 rings (SSSR count). The zero-order valence-electron chi connectivity index (χ0n) is 14.1. The summed E-state index contributed by atoms with van der Waals surface area (Å²) in [6.45, 7) is 8.40. The maximum Gasteiger partial charge on any atom is 0.361 e. The van der Waals surface area contributed by atoms with E-state index in [1.54, 1.807) is 6.07 Å². The Bertz CT molecular complexity index is 631. The molecule has 5 heteroatoms. The lowest BCUT2D eigenvalue weighted by Gasteiger charge is -2.17. The second-order valence-corrected chi connectivity index (χ2v) is 7.91. The molecule has 0 atom stereocenters. The van der Waals surface area contributed by atoms with Gasteiger partial charge in [0.05, 0.1) is 18.5 Å². The van der Waals surface area contributed by atoms with Gasteiger partial charge in [-0.05, 0) is 52.0 Å². The second kappa shape index (κ2) is 10.0. The Kier molecular flexibility index (Phi) is 8.78. The van der Waals surface area contributed by atoms with Crippen molar-refractivity contribution in [3.63, 3.8) is 0 Å². The lowest BCUT2D eigenvalue weighted by Crippen LogP contribution is -2.10. The van der Waals surface area contributed by atoms with Crippen LogP contribution in [-0.4, -0.2) is 13.2 Å². The Morgan fingerprint density at radius 1 is 0.913 bits per heavy atom. The zero-order valence-corrected chi connectivity index (χ0v) is 16.6. The van der Waals surface area contributed by atoms with E-state index in [4.69, 9.17) is 9.05 Å². The van der Waals surface area contributed by atoms with Crippen LogP contribution in [0.4, 0.5) is 0 Å². The summed E-state index contributed by atoms with van der Waals surface area (Å²) < 4.78 is 24.0. The van der Waals surface area contributed by atoms with Gasteiger partial charge in [0, 0.05) is 4.47 Å². The maximum atomic E-state index is 12.3. The monoisotopic (exact) mass is 398 g/mol. The van der Waals surface area contributed by atoms with Gasteiger partial charge in [-0.25, -0.2) is 0 Å². The molecule has 0 radical (unpaired) electrons. The van der Waals surface area contributed by atoms with E-state index in [0.29, 0.717) is 18.5 Å². The molecule has 126 valence electrons. The highest BCUT2D eigenvalue weighted by atomic mass is 79.9. The van der Waals surface area contributed by atoms with E-state index in [0.717, 1.165) is 10.0 Å². The lowest BCUT2D eigenvalue weighted by molar-refractivity contribution is 0.230. The fraction of sp³-hybridized carbons (Fsp3) is 0.333. The molecule has 0 amide bonds. The molecule has 0 saturated heterocycles. The molecular formula is C18H24BrO3P. The summed E-state index contributed by atoms with van der Waals surface area (Å²) in [7, 11) is -3.10. The Hall–Kier alpha value is -0.930. The van der Waals surface area contributed by atoms with Crippen molar-refractivity contribution in [3.05, 3.63) is 64.1 Å². The van der Waals surface area contributed by atoms with Crippen LogP contribution in [0.5, 0.6) is 0 Å². The molecule has 2 aromatic rings. The van der Waals surface area contributed by atoms with Gasteiger partial charge in [-0.3, -0.25) is 4.57 Å². The number of hydrogen-bond acceptors (Lipinski definition) is 3. The van der Waals surface area contributed by atoms with Gasteiger partial charge in [-0.1, -0.05) is 51.3 Å². The fourth-order valence-electron chi connectivity index (χ4n) is 1.93. The van der Waals surface area contributed by atoms with E-state index in [1.165, 1.54) is 5.56 Å². The average molecular weight is 399 g/mol. The molecular weight excluding hydrogens is 375 g/mol. The van der Waals surface area contributed by atoms with E-state index < -0.39 is 7.60 Å². The van der Waals surface area contributed by atoms with E-state index in [9.17, 15) is 4.57 Å². The van der Waals surface area contributed by atoms with Gasteiger partial charge >= 0.3 is 7.60 Å². The maximum absolute atomic E-state index is 12.3. The number of aryl methyl sites for hydroxylation is 2. The molecule has 0 aromatic heterocycles. The second-order valence-electron chi connectivity index (χ2n) is 4.97. The van der Waals surface area contributed by atoms with E-state index in [1.807, 2.05) is 51.1 Å². The molecule has 23 heavy (non-hydrogen) atoms.